The van der Waals surface area contributed by atoms with Crippen LogP contribution in [0.3, 0.4) is 0 Å². The van der Waals surface area contributed by atoms with Crippen LogP contribution >= 0.6 is 23.1 Å². The van der Waals surface area contributed by atoms with Crippen LogP contribution in [0.5, 0.6) is 0 Å². The second kappa shape index (κ2) is 10.8. The Balaban J connectivity index is 1.54. The molecule has 1 saturated heterocycles. The molecule has 0 unspecified atom stereocenters. The molecule has 1 aromatic carbocycles. The molecule has 0 bridgehead atoms. The number of nitrogens with zero attached hydrogens (tertiary/aromatic N) is 1. The molecular formula is C21H20N2O6S2. The van der Waals surface area contributed by atoms with E-state index in [-0.39, 0.29) is 29.7 Å². The van der Waals surface area contributed by atoms with Gasteiger partial charge >= 0.3 is 11.9 Å². The van der Waals surface area contributed by atoms with Gasteiger partial charge in [0.2, 0.25) is 5.91 Å². The number of ether oxygens (including phenoxy) is 2. The number of para-hydroxylation sites is 1. The van der Waals surface area contributed by atoms with Crippen LogP contribution in [0.4, 0.5) is 5.69 Å². The van der Waals surface area contributed by atoms with Crippen molar-refractivity contribution in [2.75, 3.05) is 31.3 Å². The molecule has 0 saturated carbocycles. The van der Waals surface area contributed by atoms with Gasteiger partial charge in [-0.05, 0) is 30.0 Å². The molecule has 31 heavy (non-hydrogen) atoms. The van der Waals surface area contributed by atoms with E-state index in [0.717, 1.165) is 0 Å². The summed E-state index contributed by atoms with van der Waals surface area (Å²) in [6, 6.07) is 10.1. The van der Waals surface area contributed by atoms with E-state index in [9.17, 15) is 19.2 Å². The number of amides is 2. The number of nitrogens with one attached hydrogen (secondary N) is 1. The second-order valence-corrected chi connectivity index (χ2v) is 8.25. The first-order valence-corrected chi connectivity index (χ1v) is 11.2. The Morgan fingerprint density at radius 1 is 1.19 bits per heavy atom. The molecule has 8 nitrogen and oxygen atoms in total. The number of benzene rings is 1. The second-order valence-electron chi connectivity index (χ2n) is 6.31. The minimum absolute atomic E-state index is 0.0754. The van der Waals surface area contributed by atoms with E-state index < -0.39 is 11.9 Å². The van der Waals surface area contributed by atoms with E-state index in [1.54, 1.807) is 41.8 Å². The van der Waals surface area contributed by atoms with E-state index in [4.69, 9.17) is 4.74 Å². The van der Waals surface area contributed by atoms with Gasteiger partial charge in [0.15, 0.2) is 0 Å². The number of carbonyl (C=O) groups is 4. The number of esters is 2. The van der Waals surface area contributed by atoms with Gasteiger partial charge in [-0.1, -0.05) is 30.0 Å². The Kier molecular flexibility index (Phi) is 7.85. The molecule has 162 valence electrons. The molecule has 1 N–H and O–H groups in total. The van der Waals surface area contributed by atoms with Gasteiger partial charge in [-0.2, -0.15) is 0 Å². The number of thiophene rings is 1. The third kappa shape index (κ3) is 5.96. The molecule has 10 heteroatoms. The molecule has 1 aromatic heterocycles. The highest BCUT2D eigenvalue weighted by atomic mass is 32.2. The molecule has 2 aromatic rings. The van der Waals surface area contributed by atoms with Crippen molar-refractivity contribution < 1.29 is 28.7 Å². The Morgan fingerprint density at radius 3 is 2.74 bits per heavy atom. The van der Waals surface area contributed by atoms with Gasteiger partial charge in [0.05, 0.1) is 46.7 Å². The Bertz CT molecular complexity index is 1000. The number of rotatable bonds is 8. The highest BCUT2D eigenvalue weighted by molar-refractivity contribution is 8.04. The van der Waals surface area contributed by atoms with E-state index in [1.807, 2.05) is 0 Å². The number of anilines is 1. The molecule has 1 aliphatic heterocycles. The van der Waals surface area contributed by atoms with E-state index in [1.165, 1.54) is 41.2 Å². The van der Waals surface area contributed by atoms with Crippen molar-refractivity contribution in [3.05, 3.63) is 63.3 Å². The predicted molar refractivity (Wildman–Crippen MR) is 118 cm³/mol. The Hall–Kier alpha value is -3.11. The van der Waals surface area contributed by atoms with Crippen LogP contribution in [0.15, 0.2) is 52.9 Å². The molecule has 1 aliphatic rings. The molecule has 1 fully saturated rings. The van der Waals surface area contributed by atoms with Crippen molar-refractivity contribution in [2.24, 2.45) is 0 Å². The zero-order chi connectivity index (χ0) is 22.2. The summed E-state index contributed by atoms with van der Waals surface area (Å²) in [5.74, 6) is -1.28. The van der Waals surface area contributed by atoms with Crippen molar-refractivity contribution in [3.63, 3.8) is 0 Å². The fourth-order valence-electron chi connectivity index (χ4n) is 2.76. The largest absolute Gasteiger partial charge is 0.466 e. The zero-order valence-corrected chi connectivity index (χ0v) is 18.3. The smallest absolute Gasteiger partial charge is 0.340 e. The fraction of sp³-hybridized carbons (Fsp3) is 0.238. The summed E-state index contributed by atoms with van der Waals surface area (Å²) < 4.78 is 9.93. The van der Waals surface area contributed by atoms with E-state index >= 15 is 0 Å². The third-order valence-corrected chi connectivity index (χ3v) is 6.15. The molecule has 2 heterocycles. The maximum Gasteiger partial charge on any atom is 0.340 e. The molecule has 3 rings (SSSR count). The SMILES string of the molecule is COC(=O)/C=C1/SCC(=O)N1CCCOC(=O)c1ccccc1NC(=O)c1cccs1. The zero-order valence-electron chi connectivity index (χ0n) is 16.7. The predicted octanol–water partition coefficient (Wildman–Crippen LogP) is 3.14. The van der Waals surface area contributed by atoms with Crippen molar-refractivity contribution in [2.45, 2.75) is 6.42 Å². The quantitative estimate of drug-likeness (QED) is 0.367. The van der Waals surface area contributed by atoms with Gasteiger partial charge in [0, 0.05) is 6.54 Å². The molecule has 0 atom stereocenters. The lowest BCUT2D eigenvalue weighted by molar-refractivity contribution is -0.134. The lowest BCUT2D eigenvalue weighted by Crippen LogP contribution is -2.27. The Morgan fingerprint density at radius 2 is 2.00 bits per heavy atom. The third-order valence-electron chi connectivity index (χ3n) is 4.25. The minimum atomic E-state index is -0.575. The van der Waals surface area contributed by atoms with Crippen LogP contribution in [0.25, 0.3) is 0 Å². The first-order valence-electron chi connectivity index (χ1n) is 9.33. The molecule has 0 radical (unpaired) electrons. The van der Waals surface area contributed by atoms with Gasteiger partial charge in [-0.3, -0.25) is 9.59 Å². The van der Waals surface area contributed by atoms with Crippen molar-refractivity contribution in [1.29, 1.82) is 0 Å². The van der Waals surface area contributed by atoms with Crippen LogP contribution in [-0.2, 0) is 19.1 Å². The molecule has 0 aliphatic carbocycles. The molecular weight excluding hydrogens is 440 g/mol. The molecule has 2 amide bonds. The fourth-order valence-corrected chi connectivity index (χ4v) is 4.33. The monoisotopic (exact) mass is 460 g/mol. The number of hydrogen-bond donors (Lipinski definition) is 1. The summed E-state index contributed by atoms with van der Waals surface area (Å²) >= 11 is 2.56. The van der Waals surface area contributed by atoms with Crippen LogP contribution in [0.2, 0.25) is 0 Å². The van der Waals surface area contributed by atoms with Gasteiger partial charge < -0.3 is 19.7 Å². The van der Waals surface area contributed by atoms with Crippen LogP contribution in [-0.4, -0.2) is 54.7 Å². The molecule has 0 spiro atoms. The summed E-state index contributed by atoms with van der Waals surface area (Å²) in [6.45, 7) is 0.380. The standard InChI is InChI=1S/C21H20N2O6S2/c1-28-19(25)12-18-23(17(24)13-31-18)9-5-10-29-21(27)14-6-2-3-7-15(14)22-20(26)16-8-4-11-30-16/h2-4,6-8,11-12H,5,9-10,13H2,1H3,(H,22,26)/b18-12+. The highest BCUT2D eigenvalue weighted by Gasteiger charge is 2.27. The number of thioether (sulfide) groups is 1. The van der Waals surface area contributed by atoms with Crippen molar-refractivity contribution >= 4 is 52.5 Å². The van der Waals surface area contributed by atoms with Crippen LogP contribution in [0.1, 0.15) is 26.5 Å². The summed E-state index contributed by atoms with van der Waals surface area (Å²) in [4.78, 5) is 50.3. The van der Waals surface area contributed by atoms with Crippen molar-refractivity contribution in [1.82, 2.24) is 4.90 Å². The normalized spacial score (nSPS) is 14.5. The first-order chi connectivity index (χ1) is 15.0. The number of carbonyl (C=O) groups excluding carboxylic acids is 4. The maximum absolute atomic E-state index is 12.5. The summed E-state index contributed by atoms with van der Waals surface area (Å²) in [5, 5.41) is 5.04. The van der Waals surface area contributed by atoms with Gasteiger partial charge in [0.25, 0.3) is 5.91 Å². The first kappa shape index (κ1) is 22.6. The van der Waals surface area contributed by atoms with E-state index in [0.29, 0.717) is 28.6 Å². The van der Waals surface area contributed by atoms with Crippen LogP contribution < -0.4 is 5.32 Å². The summed E-state index contributed by atoms with van der Waals surface area (Å²) in [6.07, 6.45) is 1.66. The van der Waals surface area contributed by atoms with Gasteiger partial charge in [-0.15, -0.1) is 11.3 Å². The maximum atomic E-state index is 12.5. The van der Waals surface area contributed by atoms with Crippen LogP contribution in [0, 0.1) is 0 Å². The Labute approximate surface area is 187 Å². The lowest BCUT2D eigenvalue weighted by atomic mass is 10.1. The minimum Gasteiger partial charge on any atom is -0.466 e. The number of hydrogen-bond acceptors (Lipinski definition) is 8. The average molecular weight is 461 g/mol. The topological polar surface area (TPSA) is 102 Å². The van der Waals surface area contributed by atoms with E-state index in [2.05, 4.69) is 10.1 Å². The number of methoxy groups -OCH3 is 1. The average Bonchev–Trinajstić information content (AvgIpc) is 3.42. The van der Waals surface area contributed by atoms with Gasteiger partial charge in [0.1, 0.15) is 0 Å². The van der Waals surface area contributed by atoms with Gasteiger partial charge in [-0.25, -0.2) is 9.59 Å². The summed E-state index contributed by atoms with van der Waals surface area (Å²) in [7, 11) is 1.27. The summed E-state index contributed by atoms with van der Waals surface area (Å²) in [5.41, 5.74) is 0.604. The van der Waals surface area contributed by atoms with Crippen molar-refractivity contribution in [3.8, 4) is 0 Å². The lowest BCUT2D eigenvalue weighted by Gasteiger charge is -2.17. The highest BCUT2D eigenvalue weighted by Crippen LogP contribution is 2.29.